The maximum absolute atomic E-state index is 8.88. The highest BCUT2D eigenvalue weighted by atomic mass is 32.2. The molecule has 2 rings (SSSR count). The smallest absolute Gasteiger partial charge is 0.193 e. The Morgan fingerprint density at radius 3 is 2.84 bits per heavy atom. The molecule has 0 unspecified atom stereocenters. The first-order valence-electron chi connectivity index (χ1n) is 5.77. The van der Waals surface area contributed by atoms with Crippen LogP contribution in [0.4, 0.5) is 0 Å². The molecule has 1 atom stereocenters. The van der Waals surface area contributed by atoms with Gasteiger partial charge in [0.1, 0.15) is 0 Å². The molecule has 0 bridgehead atoms. The second-order valence-electron chi connectivity index (χ2n) is 3.83. The minimum Gasteiger partial charge on any atom is -0.298 e. The minimum absolute atomic E-state index is 0.168. The number of hydrogen-bond acceptors (Lipinski definition) is 5. The number of thioether (sulfide) groups is 1. The minimum atomic E-state index is -0.168. The molecule has 0 spiro atoms. The first-order valence-corrected chi connectivity index (χ1v) is 6.65. The van der Waals surface area contributed by atoms with Gasteiger partial charge in [-0.3, -0.25) is 9.55 Å². The van der Waals surface area contributed by atoms with Gasteiger partial charge in [-0.05, 0) is 19.1 Å². The second kappa shape index (κ2) is 6.16. The van der Waals surface area contributed by atoms with E-state index in [1.54, 1.807) is 18.5 Å². The Hall–Kier alpha value is -2.13. The van der Waals surface area contributed by atoms with Crippen LogP contribution in [0.25, 0.3) is 11.4 Å². The van der Waals surface area contributed by atoms with Crippen molar-refractivity contribution in [3.05, 3.63) is 37.2 Å². The third kappa shape index (κ3) is 3.01. The lowest BCUT2D eigenvalue weighted by molar-refractivity contribution is 0.730. The number of nitrogens with zero attached hydrogens (tertiary/aromatic N) is 5. The Balaban J connectivity index is 2.40. The molecule has 5 nitrogen and oxygen atoms in total. The van der Waals surface area contributed by atoms with E-state index >= 15 is 0 Å². The highest BCUT2D eigenvalue weighted by molar-refractivity contribution is 8.00. The Morgan fingerprint density at radius 2 is 2.21 bits per heavy atom. The van der Waals surface area contributed by atoms with E-state index in [0.29, 0.717) is 6.54 Å². The van der Waals surface area contributed by atoms with E-state index in [2.05, 4.69) is 27.8 Å². The van der Waals surface area contributed by atoms with Crippen LogP contribution in [0.15, 0.2) is 42.3 Å². The van der Waals surface area contributed by atoms with E-state index in [4.69, 9.17) is 5.26 Å². The summed E-state index contributed by atoms with van der Waals surface area (Å²) >= 11 is 1.39. The lowest BCUT2D eigenvalue weighted by Crippen LogP contribution is -2.02. The van der Waals surface area contributed by atoms with Crippen LogP contribution < -0.4 is 0 Å². The quantitative estimate of drug-likeness (QED) is 0.617. The second-order valence-corrected chi connectivity index (χ2v) is 5.14. The lowest BCUT2D eigenvalue weighted by Gasteiger charge is -2.07. The van der Waals surface area contributed by atoms with Crippen LogP contribution in [0.1, 0.15) is 6.92 Å². The van der Waals surface area contributed by atoms with Crippen molar-refractivity contribution < 1.29 is 0 Å². The van der Waals surface area contributed by atoms with Crippen LogP contribution in [0.5, 0.6) is 0 Å². The molecule has 0 fully saturated rings. The molecule has 0 aliphatic rings. The first kappa shape index (κ1) is 13.3. The molecule has 6 heteroatoms. The van der Waals surface area contributed by atoms with Crippen molar-refractivity contribution in [3.63, 3.8) is 0 Å². The molecule has 0 radical (unpaired) electrons. The van der Waals surface area contributed by atoms with Gasteiger partial charge in [0.2, 0.25) is 0 Å². The van der Waals surface area contributed by atoms with Gasteiger partial charge < -0.3 is 0 Å². The summed E-state index contributed by atoms with van der Waals surface area (Å²) in [6, 6.07) is 5.94. The van der Waals surface area contributed by atoms with E-state index < -0.39 is 0 Å². The Kier molecular flexibility index (Phi) is 4.31. The van der Waals surface area contributed by atoms with Crippen LogP contribution in [0.3, 0.4) is 0 Å². The van der Waals surface area contributed by atoms with E-state index in [1.807, 2.05) is 23.6 Å². The van der Waals surface area contributed by atoms with Gasteiger partial charge in [0.15, 0.2) is 11.0 Å². The van der Waals surface area contributed by atoms with Gasteiger partial charge in [-0.15, -0.1) is 16.8 Å². The summed E-state index contributed by atoms with van der Waals surface area (Å²) in [6.07, 6.45) is 5.22. The maximum Gasteiger partial charge on any atom is 0.193 e. The zero-order valence-electron chi connectivity index (χ0n) is 10.5. The molecule has 2 aromatic rings. The summed E-state index contributed by atoms with van der Waals surface area (Å²) in [5, 5.41) is 17.8. The molecule has 0 N–H and O–H groups in total. The summed E-state index contributed by atoms with van der Waals surface area (Å²) in [5.41, 5.74) is 0.945. The fourth-order valence-corrected chi connectivity index (χ4v) is 2.31. The number of hydrogen-bond donors (Lipinski definition) is 0. The largest absolute Gasteiger partial charge is 0.298 e. The van der Waals surface area contributed by atoms with Gasteiger partial charge in [0, 0.05) is 24.5 Å². The zero-order chi connectivity index (χ0) is 13.7. The molecule has 0 saturated heterocycles. The summed E-state index contributed by atoms with van der Waals surface area (Å²) in [6.45, 7) is 6.19. The summed E-state index contributed by atoms with van der Waals surface area (Å²) in [4.78, 5) is 3.99. The lowest BCUT2D eigenvalue weighted by atomic mass is 10.2. The number of allylic oxidation sites excluding steroid dienone is 1. The maximum atomic E-state index is 8.88. The number of nitriles is 1. The third-order valence-electron chi connectivity index (χ3n) is 2.43. The van der Waals surface area contributed by atoms with Gasteiger partial charge in [-0.2, -0.15) is 5.26 Å². The van der Waals surface area contributed by atoms with Crippen molar-refractivity contribution in [1.82, 2.24) is 19.7 Å². The van der Waals surface area contributed by atoms with E-state index in [1.165, 1.54) is 11.8 Å². The Labute approximate surface area is 116 Å². The van der Waals surface area contributed by atoms with Crippen LogP contribution in [0, 0.1) is 11.3 Å². The highest BCUT2D eigenvalue weighted by Gasteiger charge is 2.15. The average molecular weight is 271 g/mol. The van der Waals surface area contributed by atoms with E-state index in [0.717, 1.165) is 16.5 Å². The van der Waals surface area contributed by atoms with Crippen molar-refractivity contribution >= 4 is 11.8 Å². The predicted octanol–water partition coefficient (Wildman–Crippen LogP) is 2.53. The monoisotopic (exact) mass is 271 g/mol. The number of aromatic nitrogens is 4. The number of pyridine rings is 1. The molecule has 0 aliphatic carbocycles. The van der Waals surface area contributed by atoms with Gasteiger partial charge in [0.05, 0.1) is 11.3 Å². The number of rotatable bonds is 5. The molecule has 0 amide bonds. The Bertz CT molecular complexity index is 599. The summed E-state index contributed by atoms with van der Waals surface area (Å²) in [5.74, 6) is 0.759. The fraction of sp³-hybridized carbons (Fsp3) is 0.231. The molecular formula is C13H13N5S. The van der Waals surface area contributed by atoms with Crippen molar-refractivity contribution in [3.8, 4) is 17.5 Å². The SMILES string of the molecule is C=CCn1c(S[C@H](C)C#N)nnc1-c1ccncc1. The predicted molar refractivity (Wildman–Crippen MR) is 74.4 cm³/mol. The molecule has 0 aliphatic heterocycles. The third-order valence-corrected chi connectivity index (χ3v) is 3.40. The van der Waals surface area contributed by atoms with Crippen LogP contribution >= 0.6 is 11.8 Å². The summed E-state index contributed by atoms with van der Waals surface area (Å²) in [7, 11) is 0. The van der Waals surface area contributed by atoms with Gasteiger partial charge >= 0.3 is 0 Å². The van der Waals surface area contributed by atoms with Crippen molar-refractivity contribution in [2.24, 2.45) is 0 Å². The molecular weight excluding hydrogens is 258 g/mol. The van der Waals surface area contributed by atoms with Crippen molar-refractivity contribution in [2.45, 2.75) is 23.9 Å². The molecule has 19 heavy (non-hydrogen) atoms. The molecule has 96 valence electrons. The first-order chi connectivity index (χ1) is 9.26. The summed E-state index contributed by atoms with van der Waals surface area (Å²) < 4.78 is 1.95. The normalized spacial score (nSPS) is 11.8. The zero-order valence-corrected chi connectivity index (χ0v) is 11.3. The van der Waals surface area contributed by atoms with E-state index in [-0.39, 0.29) is 5.25 Å². The highest BCUT2D eigenvalue weighted by Crippen LogP contribution is 2.26. The molecule has 2 heterocycles. The standard InChI is InChI=1S/C13H13N5S/c1-3-8-18-12(11-4-6-15-7-5-11)16-17-13(18)19-10(2)9-14/h3-7,10H,1,8H2,2H3/t10-/m1/s1. The average Bonchev–Trinajstić information content (AvgIpc) is 2.83. The van der Waals surface area contributed by atoms with Crippen molar-refractivity contribution in [1.29, 1.82) is 5.26 Å². The topological polar surface area (TPSA) is 67.4 Å². The Morgan fingerprint density at radius 1 is 1.47 bits per heavy atom. The van der Waals surface area contributed by atoms with E-state index in [9.17, 15) is 0 Å². The molecule has 2 aromatic heterocycles. The van der Waals surface area contributed by atoms with Gasteiger partial charge in [0.25, 0.3) is 0 Å². The van der Waals surface area contributed by atoms with Gasteiger partial charge in [-0.1, -0.05) is 17.8 Å². The fourth-order valence-electron chi connectivity index (χ4n) is 1.57. The van der Waals surface area contributed by atoms with Gasteiger partial charge in [-0.25, -0.2) is 0 Å². The van der Waals surface area contributed by atoms with Crippen LogP contribution in [0.2, 0.25) is 0 Å². The van der Waals surface area contributed by atoms with Crippen LogP contribution in [-0.2, 0) is 6.54 Å². The molecule has 0 saturated carbocycles. The van der Waals surface area contributed by atoms with Crippen molar-refractivity contribution in [2.75, 3.05) is 0 Å². The molecule has 0 aromatic carbocycles. The van der Waals surface area contributed by atoms with Crippen LogP contribution in [-0.4, -0.2) is 25.0 Å².